The second-order valence-electron chi connectivity index (χ2n) is 4.25. The molecule has 124 valence electrons. The van der Waals surface area contributed by atoms with Crippen LogP contribution in [0.2, 0.25) is 0 Å². The van der Waals surface area contributed by atoms with Crippen LogP contribution in [0.5, 0.6) is 5.75 Å². The molecule has 0 saturated heterocycles. The van der Waals surface area contributed by atoms with Crippen molar-refractivity contribution in [3.63, 3.8) is 0 Å². The van der Waals surface area contributed by atoms with E-state index in [0.717, 1.165) is 7.11 Å². The predicted octanol–water partition coefficient (Wildman–Crippen LogP) is 2.48. The minimum atomic E-state index is -1.10. The lowest BCUT2D eigenvalue weighted by Crippen LogP contribution is -2.23. The summed E-state index contributed by atoms with van der Waals surface area (Å²) >= 11 is 0. The van der Waals surface area contributed by atoms with Crippen LogP contribution in [0.15, 0.2) is 24.3 Å². The summed E-state index contributed by atoms with van der Waals surface area (Å²) < 4.78 is 13.4. The molecule has 0 amide bonds. The van der Waals surface area contributed by atoms with E-state index >= 15 is 0 Å². The molecular formula is C16H19NO6. The monoisotopic (exact) mass is 321 g/mol. The Labute approximate surface area is 134 Å². The fraction of sp³-hybridized carbons (Fsp3) is 0.375. The number of carbonyl (C=O) groups is 3. The molecule has 0 radical (unpaired) electrons. The molecular weight excluding hydrogens is 302 g/mol. The molecule has 0 aliphatic carbocycles. The Balaban J connectivity index is 0.000000422. The Hall–Kier alpha value is -2.88. The van der Waals surface area contributed by atoms with Gasteiger partial charge in [-0.3, -0.25) is 9.59 Å². The van der Waals surface area contributed by atoms with E-state index in [1.54, 1.807) is 12.1 Å². The summed E-state index contributed by atoms with van der Waals surface area (Å²) in [6.07, 6.45) is -1.10. The van der Waals surface area contributed by atoms with E-state index in [1.165, 1.54) is 13.8 Å². The number of ether oxygens (including phenoxy) is 3. The molecule has 0 N–H and O–H groups in total. The van der Waals surface area contributed by atoms with Crippen molar-refractivity contribution in [1.82, 2.24) is 0 Å². The zero-order valence-electron chi connectivity index (χ0n) is 13.5. The first kappa shape index (κ1) is 20.1. The molecule has 0 aliphatic heterocycles. The zero-order chi connectivity index (χ0) is 17.8. The summed E-state index contributed by atoms with van der Waals surface area (Å²) in [5, 5.41) is 8.62. The van der Waals surface area contributed by atoms with Crippen LogP contribution in [0, 0.1) is 17.2 Å². The number of nitriles is 1. The second-order valence-corrected chi connectivity index (χ2v) is 4.25. The van der Waals surface area contributed by atoms with Gasteiger partial charge in [0.15, 0.2) is 0 Å². The number of hydrogen-bond donors (Lipinski definition) is 0. The quantitative estimate of drug-likeness (QED) is 0.620. The SMILES string of the molecule is CCOc1ccccc1C#N.COC(=O)OC(=O)C(C)C(C)=O. The Morgan fingerprint density at radius 3 is 2.35 bits per heavy atom. The van der Waals surface area contributed by atoms with E-state index in [0.29, 0.717) is 17.9 Å². The van der Waals surface area contributed by atoms with E-state index in [4.69, 9.17) is 10.00 Å². The number of carbonyl (C=O) groups excluding carboxylic acids is 3. The van der Waals surface area contributed by atoms with Crippen molar-refractivity contribution in [1.29, 1.82) is 5.26 Å². The Bertz CT molecular complexity index is 590. The normalized spacial score (nSPS) is 10.2. The lowest BCUT2D eigenvalue weighted by molar-refractivity contribution is -0.146. The van der Waals surface area contributed by atoms with Crippen LogP contribution in [-0.2, 0) is 19.1 Å². The topological polar surface area (TPSA) is 103 Å². The fourth-order valence-electron chi connectivity index (χ4n) is 1.22. The minimum Gasteiger partial charge on any atom is -0.492 e. The summed E-state index contributed by atoms with van der Waals surface area (Å²) in [5.74, 6) is -1.51. The third kappa shape index (κ3) is 7.62. The molecule has 7 nitrogen and oxygen atoms in total. The van der Waals surface area contributed by atoms with Crippen molar-refractivity contribution in [2.75, 3.05) is 13.7 Å². The van der Waals surface area contributed by atoms with Crippen molar-refractivity contribution in [3.8, 4) is 11.8 Å². The highest BCUT2D eigenvalue weighted by Gasteiger charge is 2.22. The first-order valence-corrected chi connectivity index (χ1v) is 6.79. The highest BCUT2D eigenvalue weighted by molar-refractivity contribution is 5.99. The third-order valence-electron chi connectivity index (χ3n) is 2.62. The van der Waals surface area contributed by atoms with Gasteiger partial charge in [0.1, 0.15) is 23.5 Å². The van der Waals surface area contributed by atoms with Gasteiger partial charge in [0.2, 0.25) is 0 Å². The van der Waals surface area contributed by atoms with E-state index < -0.39 is 18.0 Å². The van der Waals surface area contributed by atoms with Crippen LogP contribution >= 0.6 is 0 Å². The predicted molar refractivity (Wildman–Crippen MR) is 80.7 cm³/mol. The molecule has 7 heteroatoms. The van der Waals surface area contributed by atoms with Gasteiger partial charge >= 0.3 is 12.1 Å². The number of methoxy groups -OCH3 is 1. The van der Waals surface area contributed by atoms with Gasteiger partial charge in [0.25, 0.3) is 0 Å². The van der Waals surface area contributed by atoms with Gasteiger partial charge in [-0.2, -0.15) is 5.26 Å². The van der Waals surface area contributed by atoms with Crippen LogP contribution in [0.25, 0.3) is 0 Å². The molecule has 0 aliphatic rings. The molecule has 0 fully saturated rings. The molecule has 0 bridgehead atoms. The van der Waals surface area contributed by atoms with Gasteiger partial charge in [-0.1, -0.05) is 12.1 Å². The van der Waals surface area contributed by atoms with Crippen molar-refractivity contribution in [2.24, 2.45) is 5.92 Å². The molecule has 1 rings (SSSR count). The lowest BCUT2D eigenvalue weighted by atomic mass is 10.1. The van der Waals surface area contributed by atoms with Gasteiger partial charge in [-0.15, -0.1) is 0 Å². The third-order valence-corrected chi connectivity index (χ3v) is 2.62. The maximum atomic E-state index is 10.8. The van der Waals surface area contributed by atoms with Crippen molar-refractivity contribution >= 4 is 17.9 Å². The minimum absolute atomic E-state index is 0.357. The van der Waals surface area contributed by atoms with Crippen molar-refractivity contribution < 1.29 is 28.6 Å². The summed E-state index contributed by atoms with van der Waals surface area (Å²) in [7, 11) is 1.08. The van der Waals surface area contributed by atoms with Crippen LogP contribution in [0.3, 0.4) is 0 Å². The van der Waals surface area contributed by atoms with Gasteiger partial charge in [0, 0.05) is 0 Å². The molecule has 1 unspecified atom stereocenters. The Morgan fingerprint density at radius 1 is 1.26 bits per heavy atom. The Morgan fingerprint density at radius 2 is 1.87 bits per heavy atom. The smallest absolute Gasteiger partial charge is 0.492 e. The highest BCUT2D eigenvalue weighted by atomic mass is 16.7. The van der Waals surface area contributed by atoms with E-state index in [9.17, 15) is 14.4 Å². The van der Waals surface area contributed by atoms with Gasteiger partial charge in [0.05, 0.1) is 19.3 Å². The van der Waals surface area contributed by atoms with Crippen molar-refractivity contribution in [3.05, 3.63) is 29.8 Å². The Kier molecular flexibility index (Phi) is 9.44. The van der Waals surface area contributed by atoms with Crippen LogP contribution in [0.4, 0.5) is 4.79 Å². The number of nitrogens with zero attached hydrogens (tertiary/aromatic N) is 1. The zero-order valence-corrected chi connectivity index (χ0v) is 13.5. The summed E-state index contributed by atoms with van der Waals surface area (Å²) in [6.45, 7) is 5.09. The van der Waals surface area contributed by atoms with Gasteiger partial charge in [-0.05, 0) is 32.9 Å². The molecule has 23 heavy (non-hydrogen) atoms. The number of Topliss-reactive ketones (excluding diaryl/α,β-unsaturated/α-hetero) is 1. The van der Waals surface area contributed by atoms with E-state index in [1.807, 2.05) is 19.1 Å². The maximum Gasteiger partial charge on any atom is 0.515 e. The van der Waals surface area contributed by atoms with Crippen LogP contribution < -0.4 is 4.74 Å². The van der Waals surface area contributed by atoms with Crippen LogP contribution in [-0.4, -0.2) is 31.6 Å². The highest BCUT2D eigenvalue weighted by Crippen LogP contribution is 2.15. The average molecular weight is 321 g/mol. The number of benzene rings is 1. The largest absolute Gasteiger partial charge is 0.515 e. The molecule has 1 aromatic rings. The second kappa shape index (κ2) is 10.8. The van der Waals surface area contributed by atoms with E-state index in [2.05, 4.69) is 15.5 Å². The summed E-state index contributed by atoms with van der Waals surface area (Å²) in [5.41, 5.74) is 0.592. The molecule has 0 heterocycles. The molecule has 0 saturated carbocycles. The number of para-hydroxylation sites is 1. The van der Waals surface area contributed by atoms with Crippen molar-refractivity contribution in [2.45, 2.75) is 20.8 Å². The summed E-state index contributed by atoms with van der Waals surface area (Å²) in [4.78, 5) is 31.8. The molecule has 1 aromatic carbocycles. The standard InChI is InChI=1S/C9H9NO.C7H10O5/c1-2-11-9-6-4-3-5-8(9)7-10;1-4(5(2)8)6(9)12-7(10)11-3/h3-6H,2H2,1H3;4H,1-3H3. The fourth-order valence-corrected chi connectivity index (χ4v) is 1.22. The number of rotatable bonds is 4. The maximum absolute atomic E-state index is 10.8. The first-order chi connectivity index (χ1) is 10.9. The number of hydrogen-bond acceptors (Lipinski definition) is 7. The number of ketones is 1. The molecule has 0 aromatic heterocycles. The summed E-state index contributed by atoms with van der Waals surface area (Å²) in [6, 6.07) is 9.26. The van der Waals surface area contributed by atoms with Crippen LogP contribution in [0.1, 0.15) is 26.3 Å². The van der Waals surface area contributed by atoms with Gasteiger partial charge < -0.3 is 14.2 Å². The first-order valence-electron chi connectivity index (χ1n) is 6.79. The molecule has 0 spiro atoms. The number of esters is 1. The lowest BCUT2D eigenvalue weighted by Gasteiger charge is -2.04. The molecule has 1 atom stereocenters. The van der Waals surface area contributed by atoms with E-state index in [-0.39, 0.29) is 5.78 Å². The average Bonchev–Trinajstić information content (AvgIpc) is 2.55. The van der Waals surface area contributed by atoms with Gasteiger partial charge in [-0.25, -0.2) is 4.79 Å².